The first-order valence-electron chi connectivity index (χ1n) is 8.93. The van der Waals surface area contributed by atoms with E-state index < -0.39 is 6.10 Å². The van der Waals surface area contributed by atoms with Gasteiger partial charge in [0.05, 0.1) is 6.04 Å². The van der Waals surface area contributed by atoms with E-state index in [2.05, 4.69) is 29.6 Å². The van der Waals surface area contributed by atoms with Gasteiger partial charge in [0.1, 0.15) is 5.75 Å². The minimum atomic E-state index is -0.464. The summed E-state index contributed by atoms with van der Waals surface area (Å²) in [5.74, 6) is 0.748. The Labute approximate surface area is 153 Å². The van der Waals surface area contributed by atoms with Crippen LogP contribution in [0.15, 0.2) is 84.9 Å². The Morgan fingerprint density at radius 3 is 2.31 bits per heavy atom. The Balaban J connectivity index is 1.51. The average molecular weight is 343 g/mol. The maximum absolute atomic E-state index is 12.9. The average Bonchev–Trinajstić information content (AvgIpc) is 3.13. The van der Waals surface area contributed by atoms with Gasteiger partial charge in [-0.2, -0.15) is 0 Å². The molecule has 3 heteroatoms. The number of hydrogen-bond acceptors (Lipinski definition) is 2. The van der Waals surface area contributed by atoms with E-state index in [0.717, 1.165) is 23.3 Å². The predicted octanol–water partition coefficient (Wildman–Crippen LogP) is 4.09. The molecule has 0 fully saturated rings. The van der Waals surface area contributed by atoms with Gasteiger partial charge < -0.3 is 10.1 Å². The smallest absolute Gasteiger partial charge is 0.261 e. The lowest BCUT2D eigenvalue weighted by Gasteiger charge is -2.21. The summed E-state index contributed by atoms with van der Waals surface area (Å²) in [7, 11) is 0. The van der Waals surface area contributed by atoms with E-state index >= 15 is 0 Å². The highest BCUT2D eigenvalue weighted by atomic mass is 16.5. The fourth-order valence-electron chi connectivity index (χ4n) is 3.38. The van der Waals surface area contributed by atoms with Crippen LogP contribution in [0.3, 0.4) is 0 Å². The van der Waals surface area contributed by atoms with Crippen LogP contribution >= 0.6 is 0 Å². The fourth-order valence-corrected chi connectivity index (χ4v) is 3.38. The van der Waals surface area contributed by atoms with Crippen LogP contribution in [-0.4, -0.2) is 12.0 Å². The van der Waals surface area contributed by atoms with Gasteiger partial charge in [-0.05, 0) is 29.2 Å². The maximum atomic E-state index is 12.9. The Bertz CT molecular complexity index is 852. The summed E-state index contributed by atoms with van der Waals surface area (Å²) >= 11 is 0. The molecular formula is C23H21NO2. The topological polar surface area (TPSA) is 38.3 Å². The first-order valence-corrected chi connectivity index (χ1v) is 8.93. The molecular weight excluding hydrogens is 322 g/mol. The number of rotatable bonds is 5. The zero-order chi connectivity index (χ0) is 17.8. The molecule has 3 aromatic carbocycles. The lowest BCUT2D eigenvalue weighted by atomic mass is 9.98. The molecule has 0 saturated heterocycles. The predicted molar refractivity (Wildman–Crippen MR) is 102 cm³/mol. The number of ether oxygens (including phenoxy) is 1. The number of nitrogens with one attached hydrogen (secondary N) is 1. The summed E-state index contributed by atoms with van der Waals surface area (Å²) in [6, 6.07) is 28.1. The number of fused-ring (bicyclic) bond motifs is 1. The Morgan fingerprint density at radius 2 is 1.58 bits per heavy atom. The van der Waals surface area contributed by atoms with Gasteiger partial charge in [-0.1, -0.05) is 78.9 Å². The standard InChI is InChI=1S/C23H21NO2/c25-23(22-16-19-13-7-8-14-21(19)26-22)24-20(18-11-5-2-6-12-18)15-17-9-3-1-4-10-17/h1-14,20,22H,15-16H2,(H,24,25)/t20-,22+/m1/s1. The number of carbonyl (C=O) groups excluding carboxylic acids is 1. The van der Waals surface area contributed by atoms with Gasteiger partial charge in [0.2, 0.25) is 0 Å². The molecule has 2 atom stereocenters. The molecule has 0 saturated carbocycles. The summed E-state index contributed by atoms with van der Waals surface area (Å²) in [4.78, 5) is 12.9. The van der Waals surface area contributed by atoms with Gasteiger partial charge in [-0.15, -0.1) is 0 Å². The Morgan fingerprint density at radius 1 is 0.923 bits per heavy atom. The molecule has 3 aromatic rings. The molecule has 0 radical (unpaired) electrons. The van der Waals surface area contributed by atoms with Crippen molar-refractivity contribution in [3.05, 3.63) is 102 Å². The van der Waals surface area contributed by atoms with E-state index in [4.69, 9.17) is 4.74 Å². The van der Waals surface area contributed by atoms with Gasteiger partial charge in [0, 0.05) is 6.42 Å². The van der Waals surface area contributed by atoms with E-state index in [0.29, 0.717) is 6.42 Å². The summed E-state index contributed by atoms with van der Waals surface area (Å²) in [5.41, 5.74) is 3.38. The van der Waals surface area contributed by atoms with E-state index in [1.54, 1.807) is 0 Å². The van der Waals surface area contributed by atoms with Crippen LogP contribution in [0, 0.1) is 0 Å². The molecule has 0 aromatic heterocycles. The highest BCUT2D eigenvalue weighted by Crippen LogP contribution is 2.29. The monoisotopic (exact) mass is 343 g/mol. The zero-order valence-corrected chi connectivity index (χ0v) is 14.5. The molecule has 0 spiro atoms. The van der Waals surface area contributed by atoms with Gasteiger partial charge >= 0.3 is 0 Å². The SMILES string of the molecule is O=C(N[C@H](Cc1ccccc1)c1ccccc1)[C@@H]1Cc2ccccc2O1. The lowest BCUT2D eigenvalue weighted by Crippen LogP contribution is -2.40. The van der Waals surface area contributed by atoms with Gasteiger partial charge in [0.15, 0.2) is 6.10 Å². The molecule has 26 heavy (non-hydrogen) atoms. The summed E-state index contributed by atoms with van der Waals surface area (Å²) < 4.78 is 5.84. The number of carbonyl (C=O) groups is 1. The van der Waals surface area contributed by atoms with Crippen LogP contribution in [0.5, 0.6) is 5.75 Å². The van der Waals surface area contributed by atoms with Crippen LogP contribution in [-0.2, 0) is 17.6 Å². The van der Waals surface area contributed by atoms with Crippen molar-refractivity contribution in [2.24, 2.45) is 0 Å². The van der Waals surface area contributed by atoms with Crippen LogP contribution < -0.4 is 10.1 Å². The van der Waals surface area contributed by atoms with Crippen molar-refractivity contribution < 1.29 is 9.53 Å². The molecule has 4 rings (SSSR count). The Kier molecular flexibility index (Phi) is 4.69. The van der Waals surface area contributed by atoms with Crippen molar-refractivity contribution in [1.29, 1.82) is 0 Å². The molecule has 1 aliphatic heterocycles. The second-order valence-corrected chi connectivity index (χ2v) is 6.58. The fraction of sp³-hybridized carbons (Fsp3) is 0.174. The number of benzene rings is 3. The zero-order valence-electron chi connectivity index (χ0n) is 14.5. The molecule has 130 valence electrons. The third-order valence-electron chi connectivity index (χ3n) is 4.74. The van der Waals surface area contributed by atoms with Crippen molar-refractivity contribution in [3.8, 4) is 5.75 Å². The maximum Gasteiger partial charge on any atom is 0.261 e. The number of amides is 1. The van der Waals surface area contributed by atoms with Gasteiger partial charge in [-0.3, -0.25) is 4.79 Å². The molecule has 3 nitrogen and oxygen atoms in total. The van der Waals surface area contributed by atoms with Crippen molar-refractivity contribution >= 4 is 5.91 Å². The largest absolute Gasteiger partial charge is 0.480 e. The summed E-state index contributed by atoms with van der Waals surface area (Å²) in [6.07, 6.45) is 0.903. The van der Waals surface area contributed by atoms with Crippen molar-refractivity contribution in [3.63, 3.8) is 0 Å². The number of hydrogen-bond donors (Lipinski definition) is 1. The van der Waals surface area contributed by atoms with Crippen molar-refractivity contribution in [2.45, 2.75) is 25.0 Å². The number of para-hydroxylation sites is 1. The first kappa shape index (κ1) is 16.4. The highest BCUT2D eigenvalue weighted by Gasteiger charge is 2.30. The molecule has 0 unspecified atom stereocenters. The van der Waals surface area contributed by atoms with E-state index in [9.17, 15) is 4.79 Å². The lowest BCUT2D eigenvalue weighted by molar-refractivity contribution is -0.128. The minimum Gasteiger partial charge on any atom is -0.480 e. The van der Waals surface area contributed by atoms with Crippen LogP contribution in [0.25, 0.3) is 0 Å². The van der Waals surface area contributed by atoms with Gasteiger partial charge in [-0.25, -0.2) is 0 Å². The quantitative estimate of drug-likeness (QED) is 0.758. The van der Waals surface area contributed by atoms with Crippen molar-refractivity contribution in [2.75, 3.05) is 0 Å². The molecule has 1 aliphatic rings. The third kappa shape index (κ3) is 3.62. The van der Waals surface area contributed by atoms with E-state index in [1.165, 1.54) is 5.56 Å². The third-order valence-corrected chi connectivity index (χ3v) is 4.74. The Hall–Kier alpha value is -3.07. The first-order chi connectivity index (χ1) is 12.8. The second-order valence-electron chi connectivity index (χ2n) is 6.58. The molecule has 1 heterocycles. The van der Waals surface area contributed by atoms with Crippen LogP contribution in [0.1, 0.15) is 22.7 Å². The molecule has 1 N–H and O–H groups in total. The second kappa shape index (κ2) is 7.44. The summed E-state index contributed by atoms with van der Waals surface area (Å²) in [5, 5.41) is 3.19. The highest BCUT2D eigenvalue weighted by molar-refractivity contribution is 5.83. The minimum absolute atomic E-state index is 0.0639. The molecule has 0 bridgehead atoms. The molecule has 0 aliphatic carbocycles. The summed E-state index contributed by atoms with van der Waals surface area (Å²) in [6.45, 7) is 0. The normalized spacial score (nSPS) is 16.4. The van der Waals surface area contributed by atoms with E-state index in [-0.39, 0.29) is 11.9 Å². The van der Waals surface area contributed by atoms with Gasteiger partial charge in [0.25, 0.3) is 5.91 Å². The van der Waals surface area contributed by atoms with Crippen LogP contribution in [0.2, 0.25) is 0 Å². The van der Waals surface area contributed by atoms with Crippen molar-refractivity contribution in [1.82, 2.24) is 5.32 Å². The van der Waals surface area contributed by atoms with Crippen LogP contribution in [0.4, 0.5) is 0 Å². The van der Waals surface area contributed by atoms with E-state index in [1.807, 2.05) is 60.7 Å². The molecule has 1 amide bonds.